The number of carbonyl (C=O) groups excluding carboxylic acids is 2. The van der Waals surface area contributed by atoms with Gasteiger partial charge in [0.05, 0.1) is 37.5 Å². The van der Waals surface area contributed by atoms with E-state index >= 15 is 0 Å². The van der Waals surface area contributed by atoms with Gasteiger partial charge >= 0.3 is 6.18 Å². The van der Waals surface area contributed by atoms with Crippen LogP contribution in [0.25, 0.3) is 0 Å². The van der Waals surface area contributed by atoms with E-state index in [1.54, 1.807) is 0 Å². The molecule has 0 unspecified atom stereocenters. The van der Waals surface area contributed by atoms with Gasteiger partial charge in [-0.15, -0.1) is 0 Å². The topological polar surface area (TPSA) is 100 Å². The van der Waals surface area contributed by atoms with Crippen LogP contribution in [-0.4, -0.2) is 41.4 Å². The Morgan fingerprint density at radius 2 is 1.94 bits per heavy atom. The number of aromatic nitrogens is 2. The van der Waals surface area contributed by atoms with E-state index in [0.717, 1.165) is 0 Å². The Morgan fingerprint density at radius 1 is 1.21 bits per heavy atom. The zero-order chi connectivity index (χ0) is 24.5. The van der Waals surface area contributed by atoms with Crippen molar-refractivity contribution in [2.75, 3.05) is 23.9 Å². The molecule has 11 heteroatoms. The molecule has 2 heterocycles. The van der Waals surface area contributed by atoms with Crippen molar-refractivity contribution in [3.8, 4) is 11.8 Å². The predicted molar refractivity (Wildman–Crippen MR) is 116 cm³/mol. The zero-order valence-corrected chi connectivity index (χ0v) is 17.9. The minimum absolute atomic E-state index is 0.0925. The third-order valence-corrected chi connectivity index (χ3v) is 5.31. The van der Waals surface area contributed by atoms with Crippen molar-refractivity contribution in [3.63, 3.8) is 0 Å². The van der Waals surface area contributed by atoms with E-state index in [4.69, 9.17) is 4.74 Å². The second-order valence-electron chi connectivity index (χ2n) is 7.53. The highest BCUT2D eigenvalue weighted by Gasteiger charge is 2.31. The average molecular weight is 469 g/mol. The number of nitrogens with one attached hydrogen (secondary N) is 1. The van der Waals surface area contributed by atoms with Gasteiger partial charge in [-0.05, 0) is 35.9 Å². The first kappa shape index (κ1) is 22.8. The van der Waals surface area contributed by atoms with Gasteiger partial charge in [-0.1, -0.05) is 12.1 Å². The lowest BCUT2D eigenvalue weighted by molar-refractivity contribution is -0.127. The molecular weight excluding hydrogens is 451 g/mol. The van der Waals surface area contributed by atoms with Crippen LogP contribution in [0.2, 0.25) is 0 Å². The molecule has 0 atom stereocenters. The van der Waals surface area contributed by atoms with E-state index in [1.807, 2.05) is 6.07 Å². The molecule has 1 aliphatic heterocycles. The summed E-state index contributed by atoms with van der Waals surface area (Å²) < 4.78 is 44.4. The van der Waals surface area contributed by atoms with Crippen LogP contribution in [0, 0.1) is 11.3 Å². The van der Waals surface area contributed by atoms with Gasteiger partial charge in [0.25, 0.3) is 11.8 Å². The summed E-state index contributed by atoms with van der Waals surface area (Å²) in [7, 11) is 1.41. The maximum Gasteiger partial charge on any atom is 0.393 e. The van der Waals surface area contributed by atoms with E-state index in [2.05, 4.69) is 10.4 Å². The number of halogens is 3. The van der Waals surface area contributed by atoms with Gasteiger partial charge in [-0.25, -0.2) is 0 Å². The van der Waals surface area contributed by atoms with Crippen LogP contribution in [-0.2, 0) is 13.0 Å². The highest BCUT2D eigenvalue weighted by Crippen LogP contribution is 2.28. The van der Waals surface area contributed by atoms with E-state index in [-0.39, 0.29) is 34.6 Å². The molecule has 8 nitrogen and oxygen atoms in total. The van der Waals surface area contributed by atoms with Crippen LogP contribution in [0.1, 0.15) is 32.0 Å². The number of nitriles is 1. The number of rotatable bonds is 5. The number of ether oxygens (including phenoxy) is 1. The normalized spacial score (nSPS) is 13.3. The molecule has 0 bridgehead atoms. The lowest BCUT2D eigenvalue weighted by Crippen LogP contribution is -2.41. The Hall–Kier alpha value is -4.33. The Bertz CT molecular complexity index is 1290. The smallest absolute Gasteiger partial charge is 0.393 e. The molecule has 174 valence electrons. The monoisotopic (exact) mass is 469 g/mol. The second kappa shape index (κ2) is 8.90. The Labute approximate surface area is 192 Å². The minimum atomic E-state index is -4.32. The molecule has 2 aromatic carbocycles. The van der Waals surface area contributed by atoms with Crippen LogP contribution >= 0.6 is 0 Å². The van der Waals surface area contributed by atoms with Gasteiger partial charge in [-0.3, -0.25) is 14.3 Å². The summed E-state index contributed by atoms with van der Waals surface area (Å²) in [6, 6.07) is 11.9. The maximum absolute atomic E-state index is 13.2. The molecule has 0 fully saturated rings. The number of anilines is 2. The summed E-state index contributed by atoms with van der Waals surface area (Å²) in [6.45, 7) is 0.603. The minimum Gasteiger partial charge on any atom is -0.495 e. The molecule has 1 aliphatic rings. The number of alkyl halides is 3. The molecule has 0 saturated carbocycles. The largest absolute Gasteiger partial charge is 0.495 e. The summed E-state index contributed by atoms with van der Waals surface area (Å²) in [5, 5.41) is 16.0. The first-order chi connectivity index (χ1) is 16.2. The van der Waals surface area contributed by atoms with E-state index in [0.29, 0.717) is 18.0 Å². The average Bonchev–Trinajstić information content (AvgIpc) is 3.22. The molecule has 0 aliphatic carbocycles. The molecular formula is C23H18F3N5O3. The molecule has 2 amide bonds. The predicted octanol–water partition coefficient (Wildman–Crippen LogP) is 3.78. The quantitative estimate of drug-likeness (QED) is 0.613. The van der Waals surface area contributed by atoms with E-state index < -0.39 is 24.4 Å². The fourth-order valence-corrected chi connectivity index (χ4v) is 3.70. The van der Waals surface area contributed by atoms with Crippen molar-refractivity contribution >= 4 is 23.2 Å². The Morgan fingerprint density at radius 3 is 2.59 bits per heavy atom. The molecule has 0 spiro atoms. The number of hydrogen-bond acceptors (Lipinski definition) is 5. The van der Waals surface area contributed by atoms with Crippen molar-refractivity contribution in [3.05, 3.63) is 71.0 Å². The lowest BCUT2D eigenvalue weighted by Gasteiger charge is -2.28. The molecule has 0 radical (unpaired) electrons. The van der Waals surface area contributed by atoms with Crippen LogP contribution in [0.3, 0.4) is 0 Å². The molecule has 1 aromatic heterocycles. The van der Waals surface area contributed by atoms with Crippen LogP contribution < -0.4 is 15.0 Å². The van der Waals surface area contributed by atoms with Crippen molar-refractivity contribution in [2.24, 2.45) is 0 Å². The molecule has 0 saturated heterocycles. The van der Waals surface area contributed by atoms with Gasteiger partial charge in [-0.2, -0.15) is 23.5 Å². The van der Waals surface area contributed by atoms with Gasteiger partial charge in [0.1, 0.15) is 17.5 Å². The molecule has 3 aromatic rings. The summed E-state index contributed by atoms with van der Waals surface area (Å²) in [6.07, 6.45) is -4.02. The summed E-state index contributed by atoms with van der Waals surface area (Å²) in [4.78, 5) is 27.4. The van der Waals surface area contributed by atoms with Crippen LogP contribution in [0.4, 0.5) is 24.5 Å². The van der Waals surface area contributed by atoms with Crippen molar-refractivity contribution in [2.45, 2.75) is 19.1 Å². The van der Waals surface area contributed by atoms with E-state index in [9.17, 15) is 28.0 Å². The molecule has 4 rings (SSSR count). The highest BCUT2D eigenvalue weighted by atomic mass is 19.4. The zero-order valence-electron chi connectivity index (χ0n) is 17.9. The summed E-state index contributed by atoms with van der Waals surface area (Å²) in [5.74, 6) is -0.666. The number of methoxy groups -OCH3 is 1. The third kappa shape index (κ3) is 4.56. The number of fused-ring (bicyclic) bond motifs is 1. The first-order valence-corrected chi connectivity index (χ1v) is 10.1. The van der Waals surface area contributed by atoms with Gasteiger partial charge in [0.2, 0.25) is 0 Å². The molecule has 1 N–H and O–H groups in total. The number of amides is 2. The van der Waals surface area contributed by atoms with E-state index in [1.165, 1.54) is 65.4 Å². The van der Waals surface area contributed by atoms with Crippen molar-refractivity contribution in [1.82, 2.24) is 9.78 Å². The third-order valence-electron chi connectivity index (χ3n) is 5.31. The van der Waals surface area contributed by atoms with Crippen molar-refractivity contribution < 1.29 is 27.5 Å². The van der Waals surface area contributed by atoms with Crippen molar-refractivity contribution in [1.29, 1.82) is 5.26 Å². The maximum atomic E-state index is 13.2. The van der Waals surface area contributed by atoms with Crippen LogP contribution in [0.5, 0.6) is 5.75 Å². The standard InChI is InChI=1S/C23H18F3N5O3/c1-34-19-7-4-15(10-16(19)12-27)21(32)29-18-13-28-31-9-8-30(22(33)20(18)31)17-5-2-14(3-6-17)11-23(24,25)26/h2-7,10,13H,8-9,11H2,1H3,(H,29,32). The fourth-order valence-electron chi connectivity index (χ4n) is 3.70. The SMILES string of the molecule is COc1ccc(C(=O)Nc2cnn3c2C(=O)N(c2ccc(CC(F)(F)F)cc2)CC3)cc1C#N. The highest BCUT2D eigenvalue weighted by molar-refractivity contribution is 6.13. The number of benzene rings is 2. The van der Waals surface area contributed by atoms with Crippen LogP contribution in [0.15, 0.2) is 48.7 Å². The number of carbonyl (C=O) groups is 2. The summed E-state index contributed by atoms with van der Waals surface area (Å²) >= 11 is 0. The van der Waals surface area contributed by atoms with Gasteiger partial charge in [0, 0.05) is 17.8 Å². The Kier molecular flexibility index (Phi) is 5.98. The molecule has 34 heavy (non-hydrogen) atoms. The fraction of sp³-hybridized carbons (Fsp3) is 0.217. The lowest BCUT2D eigenvalue weighted by atomic mass is 10.1. The van der Waals surface area contributed by atoms with Gasteiger partial charge < -0.3 is 15.0 Å². The Balaban J connectivity index is 1.55. The van der Waals surface area contributed by atoms with Gasteiger partial charge in [0.15, 0.2) is 0 Å². The first-order valence-electron chi connectivity index (χ1n) is 10.1. The summed E-state index contributed by atoms with van der Waals surface area (Å²) in [5.41, 5.74) is 1.24. The number of nitrogens with zero attached hydrogens (tertiary/aromatic N) is 4. The second-order valence-corrected chi connectivity index (χ2v) is 7.53. The number of hydrogen-bond donors (Lipinski definition) is 1.